The lowest BCUT2D eigenvalue weighted by Gasteiger charge is -2.39. The third kappa shape index (κ3) is 9.03. The van der Waals surface area contributed by atoms with Gasteiger partial charge in [0.15, 0.2) is 17.3 Å². The van der Waals surface area contributed by atoms with E-state index in [-0.39, 0.29) is 25.3 Å². The van der Waals surface area contributed by atoms with Gasteiger partial charge in [0, 0.05) is 68.4 Å². The molecule has 1 amide bonds. The molecule has 0 atom stereocenters. The Morgan fingerprint density at radius 3 is 2.25 bits per heavy atom. The Morgan fingerprint density at radius 1 is 0.857 bits per heavy atom. The molecule has 302 valence electrons. The minimum atomic E-state index is -2.58. The van der Waals surface area contributed by atoms with Crippen LogP contribution < -0.4 is 15.4 Å². The van der Waals surface area contributed by atoms with Gasteiger partial charge in [0.1, 0.15) is 38.1 Å². The number of unbranched alkanes of at least 4 members (excludes halogenated alkanes) is 3. The van der Waals surface area contributed by atoms with Crippen molar-refractivity contribution in [3.8, 4) is 0 Å². The molecule has 0 spiro atoms. The highest BCUT2D eigenvalue weighted by Crippen LogP contribution is 2.45. The number of benzene rings is 2. The van der Waals surface area contributed by atoms with Crippen molar-refractivity contribution in [3.05, 3.63) is 86.9 Å². The number of carboxylic acids is 1. The van der Waals surface area contributed by atoms with Gasteiger partial charge in [-0.2, -0.15) is 0 Å². The highest BCUT2D eigenvalue weighted by atomic mass is 35.5. The lowest BCUT2D eigenvalue weighted by Crippen LogP contribution is -2.50. The summed E-state index contributed by atoms with van der Waals surface area (Å²) in [5.74, 6) is -7.46. The van der Waals surface area contributed by atoms with Crippen LogP contribution in [0.3, 0.4) is 0 Å². The van der Waals surface area contributed by atoms with Gasteiger partial charge in [0.2, 0.25) is 0 Å². The number of rotatable bonds is 16. The number of nitrogens with one attached hydrogen (secondary N) is 1. The molecule has 2 saturated heterocycles. The summed E-state index contributed by atoms with van der Waals surface area (Å²) < 4.78 is 62.4. The van der Waals surface area contributed by atoms with E-state index in [1.54, 1.807) is 0 Å². The molecular formula is C43H54ClF3N3O5Si+. The first-order valence-electron chi connectivity index (χ1n) is 20.2. The highest BCUT2D eigenvalue weighted by Gasteiger charge is 2.44. The Balaban J connectivity index is 1.36. The predicted molar refractivity (Wildman–Crippen MR) is 218 cm³/mol. The summed E-state index contributed by atoms with van der Waals surface area (Å²) in [6, 6.07) is 5.94. The number of ether oxygens (including phenoxy) is 2. The lowest BCUT2D eigenvalue weighted by atomic mass is 9.85. The van der Waals surface area contributed by atoms with Crippen molar-refractivity contribution in [1.82, 2.24) is 5.32 Å². The van der Waals surface area contributed by atoms with E-state index >= 15 is 13.2 Å². The number of hydrogen-bond acceptors (Lipinski definition) is 5. The van der Waals surface area contributed by atoms with Crippen molar-refractivity contribution in [1.29, 1.82) is 0 Å². The maximum Gasteiger partial charge on any atom is 0.339 e. The number of alkyl halides is 1. The summed E-state index contributed by atoms with van der Waals surface area (Å²) in [5, 5.41) is 14.7. The predicted octanol–water partition coefficient (Wildman–Crippen LogP) is 7.76. The van der Waals surface area contributed by atoms with E-state index in [1.807, 2.05) is 24.3 Å². The number of aromatic carboxylic acids is 1. The minimum Gasteiger partial charge on any atom is -0.478 e. The lowest BCUT2D eigenvalue weighted by molar-refractivity contribution is -0.535. The van der Waals surface area contributed by atoms with Crippen molar-refractivity contribution < 1.29 is 41.9 Å². The van der Waals surface area contributed by atoms with Crippen LogP contribution in [0.25, 0.3) is 5.57 Å². The molecule has 8 nitrogen and oxygen atoms in total. The van der Waals surface area contributed by atoms with Crippen molar-refractivity contribution in [2.24, 2.45) is 0 Å². The first-order chi connectivity index (χ1) is 27.1. The number of amides is 1. The minimum absolute atomic E-state index is 0.0210. The van der Waals surface area contributed by atoms with Gasteiger partial charge < -0.3 is 24.8 Å². The number of carboxylic acid groups (broad SMARTS) is 1. The second kappa shape index (κ2) is 19.2. The molecule has 13 heteroatoms. The fourth-order valence-corrected chi connectivity index (χ4v) is 11.6. The van der Waals surface area contributed by atoms with Crippen molar-refractivity contribution in [2.45, 2.75) is 77.3 Å². The Hall–Kier alpha value is -3.71. The normalized spacial score (nSPS) is 17.8. The third-order valence-corrected chi connectivity index (χ3v) is 15.2. The maximum atomic E-state index is 17.1. The van der Waals surface area contributed by atoms with Crippen molar-refractivity contribution in [2.75, 3.05) is 69.9 Å². The monoisotopic (exact) mass is 812 g/mol. The first-order valence-corrected chi connectivity index (χ1v) is 23.7. The summed E-state index contributed by atoms with van der Waals surface area (Å²) in [5.41, 5.74) is 0.351. The van der Waals surface area contributed by atoms with E-state index in [2.05, 4.69) is 40.0 Å². The van der Waals surface area contributed by atoms with Crippen LogP contribution in [0.5, 0.6) is 0 Å². The molecule has 56 heavy (non-hydrogen) atoms. The van der Waals surface area contributed by atoms with E-state index in [0.29, 0.717) is 30.2 Å². The standard InChI is InChI=1S/C43H53ClF3N3O5Si/c1-56(2)33-27-29(49-19-8-5-9-20-49)13-15-31(33)35(32-16-14-30(28-34(32)56)50-21-10-6-11-22-50)36-37(43(52)53)40(46)41(47)38(39(36)45)42(51)48-18-24-55-26-25-54-23-12-4-3-7-17-44/h13-16,27-28H,3-12,17-26H2,1-2H3,(H-,48,51,52,53)/p+1. The Labute approximate surface area is 334 Å². The van der Waals surface area contributed by atoms with Gasteiger partial charge in [0.25, 0.3) is 5.91 Å². The third-order valence-electron chi connectivity index (χ3n) is 11.4. The molecule has 4 aliphatic rings. The van der Waals surface area contributed by atoms with E-state index in [1.165, 1.54) is 0 Å². The zero-order valence-electron chi connectivity index (χ0n) is 32.6. The molecule has 2 N–H and O–H groups in total. The molecule has 0 aromatic heterocycles. The average Bonchev–Trinajstić information content (AvgIpc) is 3.20. The summed E-state index contributed by atoms with van der Waals surface area (Å²) in [7, 11) is -2.58. The van der Waals surface area contributed by atoms with E-state index in [9.17, 15) is 14.7 Å². The summed E-state index contributed by atoms with van der Waals surface area (Å²) >= 11 is 5.70. The van der Waals surface area contributed by atoms with Crippen LogP contribution in [0.15, 0.2) is 47.2 Å². The maximum absolute atomic E-state index is 17.1. The van der Waals surface area contributed by atoms with Crippen LogP contribution in [0, 0.1) is 17.5 Å². The molecule has 3 aliphatic heterocycles. The summed E-state index contributed by atoms with van der Waals surface area (Å²) in [4.78, 5) is 28.6. The van der Waals surface area contributed by atoms with Gasteiger partial charge in [-0.3, -0.25) is 4.79 Å². The van der Waals surface area contributed by atoms with Gasteiger partial charge in [-0.15, -0.1) is 11.6 Å². The fraction of sp³-hybridized carbons (Fsp3) is 0.512. The smallest absolute Gasteiger partial charge is 0.339 e. The Kier molecular flexibility index (Phi) is 14.3. The molecule has 6 rings (SSSR count). The Bertz CT molecular complexity index is 1930. The SMILES string of the molecule is C[Si]1(C)C2=CC(=[N+]3CCCCC3)C=CC2=C(c2c(F)c(C(=O)NCCOCCOCCCCCCCl)c(F)c(F)c2C(=O)O)c2ccc(N3CCCCC3)cc21. The number of carbonyl (C=O) groups is 2. The van der Waals surface area contributed by atoms with Crippen molar-refractivity contribution >= 4 is 53.7 Å². The number of allylic oxidation sites excluding steroid dienone is 5. The second-order valence-corrected chi connectivity index (χ2v) is 20.2. The molecule has 0 saturated carbocycles. The van der Waals surface area contributed by atoms with E-state index < -0.39 is 54.1 Å². The molecule has 2 aromatic carbocycles. The van der Waals surface area contributed by atoms with Crippen LogP contribution in [0.2, 0.25) is 13.1 Å². The quantitative estimate of drug-likeness (QED) is 0.0593. The van der Waals surface area contributed by atoms with Crippen LogP contribution in [-0.2, 0) is 9.47 Å². The topological polar surface area (TPSA) is 91.1 Å². The molecular weight excluding hydrogens is 759 g/mol. The Morgan fingerprint density at radius 2 is 1.54 bits per heavy atom. The highest BCUT2D eigenvalue weighted by molar-refractivity contribution is 6.98. The molecule has 2 aromatic rings. The molecule has 2 fully saturated rings. The zero-order chi connectivity index (χ0) is 39.8. The van der Waals surface area contributed by atoms with Gasteiger partial charge >= 0.3 is 5.97 Å². The van der Waals surface area contributed by atoms with Crippen LogP contribution >= 0.6 is 11.6 Å². The van der Waals surface area contributed by atoms with Crippen LogP contribution in [0.1, 0.15) is 96.1 Å². The largest absolute Gasteiger partial charge is 0.478 e. The van der Waals surface area contributed by atoms with Gasteiger partial charge in [-0.1, -0.05) is 32.0 Å². The van der Waals surface area contributed by atoms with E-state index in [0.717, 1.165) is 112 Å². The number of carbonyl (C=O) groups excluding carboxylic acids is 1. The van der Waals surface area contributed by atoms with E-state index in [4.69, 9.17) is 21.1 Å². The molecule has 3 heterocycles. The van der Waals surface area contributed by atoms with Crippen molar-refractivity contribution in [3.63, 3.8) is 0 Å². The van der Waals surface area contributed by atoms with Gasteiger partial charge in [-0.05, 0) is 83.8 Å². The number of hydrogen-bond donors (Lipinski definition) is 2. The number of nitrogens with zero attached hydrogens (tertiary/aromatic N) is 2. The molecule has 0 bridgehead atoms. The summed E-state index contributed by atoms with van der Waals surface area (Å²) in [6.45, 7) is 9.15. The number of anilines is 1. The fourth-order valence-electron chi connectivity index (χ4n) is 8.39. The van der Waals surface area contributed by atoms with Crippen LogP contribution in [0.4, 0.5) is 18.9 Å². The number of halogens is 4. The zero-order valence-corrected chi connectivity index (χ0v) is 34.3. The second-order valence-electron chi connectivity index (χ2n) is 15.5. The number of fused-ring (bicyclic) bond motifs is 2. The molecule has 1 aliphatic carbocycles. The first kappa shape index (κ1) is 41.9. The molecule has 0 unspecified atom stereocenters. The average molecular weight is 813 g/mol. The number of piperidine rings is 2. The van der Waals surface area contributed by atoms with Gasteiger partial charge in [0.05, 0.1) is 19.8 Å². The van der Waals surface area contributed by atoms with Crippen LogP contribution in [-0.4, -0.2) is 100 Å². The molecule has 0 radical (unpaired) electrons. The summed E-state index contributed by atoms with van der Waals surface area (Å²) in [6.07, 6.45) is 16.5. The van der Waals surface area contributed by atoms with Gasteiger partial charge in [-0.25, -0.2) is 22.5 Å².